The van der Waals surface area contributed by atoms with Gasteiger partial charge in [-0.25, -0.2) is 0 Å². The minimum absolute atomic E-state index is 0.197. The summed E-state index contributed by atoms with van der Waals surface area (Å²) in [7, 11) is 0. The van der Waals surface area contributed by atoms with E-state index in [1.807, 2.05) is 0 Å². The fraction of sp³-hybridized carbons (Fsp3) is 0.778. The van der Waals surface area contributed by atoms with Crippen LogP contribution in [0.4, 0.5) is 0 Å². The smallest absolute Gasteiger partial charge is 0.231 e. The standard InChI is InChI=1S/C9H15NO2/c1-8(10(11)12)9-6-4-2-3-5-7-9/h6,8H,2-5,7H2,1H3. The lowest BCUT2D eigenvalue weighted by Gasteiger charge is -2.06. The molecule has 1 aliphatic rings. The van der Waals surface area contributed by atoms with E-state index in [1.165, 1.54) is 12.8 Å². The van der Waals surface area contributed by atoms with Gasteiger partial charge in [0.25, 0.3) is 0 Å². The summed E-state index contributed by atoms with van der Waals surface area (Å²) in [5.41, 5.74) is 1.03. The van der Waals surface area contributed by atoms with Crippen LogP contribution in [0.15, 0.2) is 11.6 Å². The van der Waals surface area contributed by atoms with Crippen LogP contribution in [-0.2, 0) is 0 Å². The van der Waals surface area contributed by atoms with Gasteiger partial charge in [0.1, 0.15) is 0 Å². The minimum Gasteiger partial charge on any atom is -0.264 e. The third-order valence-corrected chi connectivity index (χ3v) is 2.43. The molecule has 3 heteroatoms. The first-order valence-electron chi connectivity index (χ1n) is 4.54. The Hall–Kier alpha value is -0.860. The van der Waals surface area contributed by atoms with Crippen molar-refractivity contribution < 1.29 is 4.92 Å². The van der Waals surface area contributed by atoms with Gasteiger partial charge in [0.2, 0.25) is 6.04 Å². The Morgan fingerprint density at radius 3 is 2.92 bits per heavy atom. The summed E-state index contributed by atoms with van der Waals surface area (Å²) < 4.78 is 0. The summed E-state index contributed by atoms with van der Waals surface area (Å²) >= 11 is 0. The van der Waals surface area contributed by atoms with E-state index >= 15 is 0 Å². The predicted molar refractivity (Wildman–Crippen MR) is 47.6 cm³/mol. The average Bonchev–Trinajstić information content (AvgIpc) is 2.30. The second kappa shape index (κ2) is 4.24. The third kappa shape index (κ3) is 2.32. The molecule has 0 aromatic carbocycles. The SMILES string of the molecule is CC(C1=CCCCCC1)[N+](=O)[O-]. The molecular weight excluding hydrogens is 154 g/mol. The molecule has 0 aliphatic heterocycles. The molecule has 1 rings (SSSR count). The highest BCUT2D eigenvalue weighted by molar-refractivity contribution is 5.08. The molecule has 0 saturated heterocycles. The van der Waals surface area contributed by atoms with E-state index < -0.39 is 6.04 Å². The second-order valence-corrected chi connectivity index (χ2v) is 3.34. The van der Waals surface area contributed by atoms with Crippen LogP contribution in [0, 0.1) is 10.1 Å². The Kier molecular flexibility index (Phi) is 3.26. The highest BCUT2D eigenvalue weighted by atomic mass is 16.6. The molecule has 0 heterocycles. The van der Waals surface area contributed by atoms with Crippen molar-refractivity contribution in [1.82, 2.24) is 0 Å². The lowest BCUT2D eigenvalue weighted by atomic mass is 10.0. The third-order valence-electron chi connectivity index (χ3n) is 2.43. The Bertz CT molecular complexity index is 199. The minimum atomic E-state index is -0.469. The first kappa shape index (κ1) is 9.23. The molecule has 0 spiro atoms. The fourth-order valence-corrected chi connectivity index (χ4v) is 1.55. The topological polar surface area (TPSA) is 43.1 Å². The number of allylic oxidation sites excluding steroid dienone is 1. The molecule has 0 amide bonds. The van der Waals surface area contributed by atoms with Crippen molar-refractivity contribution in [2.75, 3.05) is 0 Å². The maximum absolute atomic E-state index is 10.5. The molecule has 0 fully saturated rings. The Labute approximate surface area is 72.6 Å². The summed E-state index contributed by atoms with van der Waals surface area (Å²) in [6.45, 7) is 1.68. The second-order valence-electron chi connectivity index (χ2n) is 3.34. The summed E-state index contributed by atoms with van der Waals surface area (Å²) in [5, 5.41) is 10.5. The van der Waals surface area contributed by atoms with Crippen LogP contribution in [0.5, 0.6) is 0 Å². The highest BCUT2D eigenvalue weighted by Crippen LogP contribution is 2.20. The molecule has 1 unspecified atom stereocenters. The van der Waals surface area contributed by atoms with E-state index in [4.69, 9.17) is 0 Å². The Balaban J connectivity index is 2.58. The lowest BCUT2D eigenvalue weighted by Crippen LogP contribution is -2.17. The summed E-state index contributed by atoms with van der Waals surface area (Å²) in [5.74, 6) is 0. The van der Waals surface area contributed by atoms with Crippen molar-refractivity contribution in [1.29, 1.82) is 0 Å². The van der Waals surface area contributed by atoms with Crippen molar-refractivity contribution >= 4 is 0 Å². The van der Waals surface area contributed by atoms with Crippen molar-refractivity contribution in [3.63, 3.8) is 0 Å². The summed E-state index contributed by atoms with van der Waals surface area (Å²) in [6.07, 6.45) is 7.51. The molecule has 1 aliphatic carbocycles. The molecule has 1 atom stereocenters. The molecule has 12 heavy (non-hydrogen) atoms. The largest absolute Gasteiger partial charge is 0.264 e. The number of hydrogen-bond donors (Lipinski definition) is 0. The van der Waals surface area contributed by atoms with Gasteiger partial charge in [-0.05, 0) is 31.3 Å². The van der Waals surface area contributed by atoms with Gasteiger partial charge >= 0.3 is 0 Å². The number of hydrogen-bond acceptors (Lipinski definition) is 2. The van der Waals surface area contributed by atoms with Crippen LogP contribution in [0.3, 0.4) is 0 Å². The van der Waals surface area contributed by atoms with Crippen LogP contribution in [-0.4, -0.2) is 11.0 Å². The van der Waals surface area contributed by atoms with Gasteiger partial charge < -0.3 is 0 Å². The zero-order chi connectivity index (χ0) is 8.97. The highest BCUT2D eigenvalue weighted by Gasteiger charge is 2.19. The maximum Gasteiger partial charge on any atom is 0.231 e. The summed E-state index contributed by atoms with van der Waals surface area (Å²) in [6, 6.07) is -0.469. The molecule has 0 aromatic heterocycles. The van der Waals surface area contributed by atoms with Gasteiger partial charge in [0.15, 0.2) is 0 Å². The van der Waals surface area contributed by atoms with E-state index in [-0.39, 0.29) is 4.92 Å². The fourth-order valence-electron chi connectivity index (χ4n) is 1.55. The lowest BCUT2D eigenvalue weighted by molar-refractivity contribution is -0.508. The van der Waals surface area contributed by atoms with E-state index in [9.17, 15) is 10.1 Å². The number of nitrogens with zero attached hydrogens (tertiary/aromatic N) is 1. The van der Waals surface area contributed by atoms with E-state index in [0.29, 0.717) is 0 Å². The van der Waals surface area contributed by atoms with Crippen LogP contribution in [0.25, 0.3) is 0 Å². The van der Waals surface area contributed by atoms with Gasteiger partial charge in [0, 0.05) is 11.8 Å². The zero-order valence-electron chi connectivity index (χ0n) is 7.45. The van der Waals surface area contributed by atoms with E-state index in [2.05, 4.69) is 6.08 Å². The average molecular weight is 169 g/mol. The first-order valence-corrected chi connectivity index (χ1v) is 4.54. The molecule has 0 radical (unpaired) electrons. The molecule has 3 nitrogen and oxygen atoms in total. The quantitative estimate of drug-likeness (QED) is 0.362. The monoisotopic (exact) mass is 169 g/mol. The van der Waals surface area contributed by atoms with Gasteiger partial charge in [0.05, 0.1) is 0 Å². The van der Waals surface area contributed by atoms with Crippen molar-refractivity contribution in [2.24, 2.45) is 0 Å². The van der Waals surface area contributed by atoms with Crippen LogP contribution < -0.4 is 0 Å². The molecule has 68 valence electrons. The van der Waals surface area contributed by atoms with Gasteiger partial charge in [-0.15, -0.1) is 0 Å². The van der Waals surface area contributed by atoms with E-state index in [0.717, 1.165) is 24.8 Å². The Morgan fingerprint density at radius 1 is 1.50 bits per heavy atom. The van der Waals surface area contributed by atoms with Crippen LogP contribution >= 0.6 is 0 Å². The molecule has 0 aromatic rings. The van der Waals surface area contributed by atoms with Gasteiger partial charge in [-0.2, -0.15) is 0 Å². The number of nitro groups is 1. The predicted octanol–water partition coefficient (Wildman–Crippen LogP) is 2.54. The van der Waals surface area contributed by atoms with Crippen molar-refractivity contribution in [3.05, 3.63) is 21.8 Å². The zero-order valence-corrected chi connectivity index (χ0v) is 7.45. The van der Waals surface area contributed by atoms with Crippen molar-refractivity contribution in [3.8, 4) is 0 Å². The maximum atomic E-state index is 10.5. The van der Waals surface area contributed by atoms with Gasteiger partial charge in [-0.1, -0.05) is 12.5 Å². The van der Waals surface area contributed by atoms with E-state index in [1.54, 1.807) is 6.92 Å². The van der Waals surface area contributed by atoms with Crippen LogP contribution in [0.2, 0.25) is 0 Å². The molecule has 0 bridgehead atoms. The first-order chi connectivity index (χ1) is 5.72. The number of rotatable bonds is 2. The van der Waals surface area contributed by atoms with Crippen molar-refractivity contribution in [2.45, 2.75) is 45.1 Å². The van der Waals surface area contributed by atoms with Crippen LogP contribution in [0.1, 0.15) is 39.0 Å². The Morgan fingerprint density at radius 2 is 2.25 bits per heavy atom. The summed E-state index contributed by atoms with van der Waals surface area (Å²) in [4.78, 5) is 10.3. The molecule has 0 N–H and O–H groups in total. The molecular formula is C9H15NO2. The normalized spacial score (nSPS) is 20.9. The van der Waals surface area contributed by atoms with Gasteiger partial charge in [-0.3, -0.25) is 10.1 Å². The molecule has 0 saturated carbocycles.